The Kier molecular flexibility index (Phi) is 4.74. The fraction of sp³-hybridized carbons (Fsp3) is 0.333. The smallest absolute Gasteiger partial charge is 0.150 e. The predicted octanol–water partition coefficient (Wildman–Crippen LogP) is 4.46. The van der Waals surface area contributed by atoms with E-state index in [2.05, 4.69) is 11.4 Å². The van der Waals surface area contributed by atoms with Gasteiger partial charge in [-0.25, -0.2) is 0 Å². The lowest BCUT2D eigenvalue weighted by atomic mass is 10.1. The van der Waals surface area contributed by atoms with E-state index in [1.54, 1.807) is 0 Å². The van der Waals surface area contributed by atoms with Crippen LogP contribution in [0.1, 0.15) is 19.3 Å². The second kappa shape index (κ2) is 7.14. The first-order chi connectivity index (χ1) is 10.4. The number of anilines is 1. The highest BCUT2D eigenvalue weighted by Gasteiger charge is 2.14. The van der Waals surface area contributed by atoms with Crippen LogP contribution in [0.3, 0.4) is 0 Å². The fourth-order valence-electron chi connectivity index (χ4n) is 2.56. The molecule has 3 heteroatoms. The Morgan fingerprint density at radius 1 is 0.905 bits per heavy atom. The van der Waals surface area contributed by atoms with E-state index < -0.39 is 0 Å². The molecule has 21 heavy (non-hydrogen) atoms. The fourth-order valence-corrected chi connectivity index (χ4v) is 2.56. The molecule has 2 aromatic carbocycles. The molecule has 1 unspecified atom stereocenters. The second-order valence-corrected chi connectivity index (χ2v) is 5.30. The van der Waals surface area contributed by atoms with Crippen molar-refractivity contribution in [1.29, 1.82) is 0 Å². The normalized spacial score (nSPS) is 18.8. The number of nitrogens with one attached hydrogen (secondary N) is 1. The second-order valence-electron chi connectivity index (χ2n) is 5.30. The van der Waals surface area contributed by atoms with Gasteiger partial charge in [-0.15, -0.1) is 0 Å². The van der Waals surface area contributed by atoms with Crippen molar-refractivity contribution in [2.24, 2.45) is 0 Å². The van der Waals surface area contributed by atoms with E-state index in [9.17, 15) is 0 Å². The molecule has 1 atom stereocenters. The standard InChI is InChI=1S/C18H21NO2/c1-2-8-16(9-3-1)21-18-11-5-4-10-17(18)19-15-7-6-13-20-14-12-15/h1-5,8-11,15,19H,6-7,12-14H2. The van der Waals surface area contributed by atoms with Gasteiger partial charge in [0.25, 0.3) is 0 Å². The molecule has 110 valence electrons. The third-order valence-corrected chi connectivity index (χ3v) is 3.67. The summed E-state index contributed by atoms with van der Waals surface area (Å²) in [6.07, 6.45) is 3.29. The van der Waals surface area contributed by atoms with Crippen molar-refractivity contribution in [2.45, 2.75) is 25.3 Å². The maximum absolute atomic E-state index is 5.99. The molecule has 1 heterocycles. The summed E-state index contributed by atoms with van der Waals surface area (Å²) in [6.45, 7) is 1.71. The Balaban J connectivity index is 1.72. The highest BCUT2D eigenvalue weighted by atomic mass is 16.5. The van der Waals surface area contributed by atoms with Gasteiger partial charge in [-0.05, 0) is 43.5 Å². The molecular weight excluding hydrogens is 262 g/mol. The van der Waals surface area contributed by atoms with Crippen LogP contribution in [-0.2, 0) is 4.74 Å². The van der Waals surface area contributed by atoms with E-state index in [1.807, 2.05) is 48.5 Å². The lowest BCUT2D eigenvalue weighted by Gasteiger charge is -2.19. The SMILES string of the molecule is c1ccc(Oc2ccccc2NC2CCCOCC2)cc1. The first-order valence-electron chi connectivity index (χ1n) is 7.58. The van der Waals surface area contributed by atoms with Crippen LogP contribution in [0.15, 0.2) is 54.6 Å². The molecular formula is C18H21NO2. The van der Waals surface area contributed by atoms with Crippen LogP contribution in [0, 0.1) is 0 Å². The number of rotatable bonds is 4. The summed E-state index contributed by atoms with van der Waals surface area (Å²) in [5.74, 6) is 1.73. The van der Waals surface area contributed by atoms with Crippen molar-refractivity contribution >= 4 is 5.69 Å². The molecule has 0 bridgehead atoms. The van der Waals surface area contributed by atoms with E-state index in [0.717, 1.165) is 49.7 Å². The molecule has 0 spiro atoms. The summed E-state index contributed by atoms with van der Waals surface area (Å²) in [7, 11) is 0. The van der Waals surface area contributed by atoms with Gasteiger partial charge in [0.15, 0.2) is 5.75 Å². The molecule has 0 aliphatic carbocycles. The molecule has 0 amide bonds. The minimum absolute atomic E-state index is 0.452. The number of para-hydroxylation sites is 3. The summed E-state index contributed by atoms with van der Waals surface area (Å²) in [4.78, 5) is 0. The third-order valence-electron chi connectivity index (χ3n) is 3.67. The van der Waals surface area contributed by atoms with Gasteiger partial charge in [0.2, 0.25) is 0 Å². The Morgan fingerprint density at radius 2 is 1.71 bits per heavy atom. The molecule has 3 nitrogen and oxygen atoms in total. The average molecular weight is 283 g/mol. The first-order valence-corrected chi connectivity index (χ1v) is 7.58. The number of ether oxygens (including phenoxy) is 2. The van der Waals surface area contributed by atoms with E-state index in [-0.39, 0.29) is 0 Å². The number of hydrogen-bond acceptors (Lipinski definition) is 3. The van der Waals surface area contributed by atoms with Gasteiger partial charge < -0.3 is 14.8 Å². The Labute approximate surface area is 125 Å². The van der Waals surface area contributed by atoms with E-state index in [0.29, 0.717) is 6.04 Å². The van der Waals surface area contributed by atoms with Crippen LogP contribution in [0.4, 0.5) is 5.69 Å². The highest BCUT2D eigenvalue weighted by molar-refractivity contribution is 5.58. The molecule has 1 saturated heterocycles. The quantitative estimate of drug-likeness (QED) is 0.898. The van der Waals surface area contributed by atoms with Gasteiger partial charge in [-0.1, -0.05) is 30.3 Å². The van der Waals surface area contributed by atoms with E-state index in [1.165, 1.54) is 0 Å². The molecule has 1 N–H and O–H groups in total. The summed E-state index contributed by atoms with van der Waals surface area (Å²) in [5.41, 5.74) is 1.05. The van der Waals surface area contributed by atoms with E-state index in [4.69, 9.17) is 9.47 Å². The van der Waals surface area contributed by atoms with Gasteiger partial charge in [-0.3, -0.25) is 0 Å². The van der Waals surface area contributed by atoms with Crippen LogP contribution in [0.25, 0.3) is 0 Å². The summed E-state index contributed by atoms with van der Waals surface area (Å²) in [5, 5.41) is 3.60. The largest absolute Gasteiger partial charge is 0.455 e. The number of hydrogen-bond donors (Lipinski definition) is 1. The Hall–Kier alpha value is -2.00. The van der Waals surface area contributed by atoms with Gasteiger partial charge in [0.05, 0.1) is 5.69 Å². The zero-order valence-corrected chi connectivity index (χ0v) is 12.1. The van der Waals surface area contributed by atoms with Crippen LogP contribution < -0.4 is 10.1 Å². The van der Waals surface area contributed by atoms with Crippen LogP contribution in [0.2, 0.25) is 0 Å². The third kappa shape index (κ3) is 3.99. The van der Waals surface area contributed by atoms with Crippen molar-refractivity contribution in [3.8, 4) is 11.5 Å². The molecule has 3 rings (SSSR count). The topological polar surface area (TPSA) is 30.5 Å². The van der Waals surface area contributed by atoms with Crippen LogP contribution >= 0.6 is 0 Å². The van der Waals surface area contributed by atoms with Crippen molar-refractivity contribution in [1.82, 2.24) is 0 Å². The van der Waals surface area contributed by atoms with Gasteiger partial charge >= 0.3 is 0 Å². The van der Waals surface area contributed by atoms with Crippen LogP contribution in [-0.4, -0.2) is 19.3 Å². The zero-order chi connectivity index (χ0) is 14.3. The highest BCUT2D eigenvalue weighted by Crippen LogP contribution is 2.30. The molecule has 2 aromatic rings. The Morgan fingerprint density at radius 3 is 2.62 bits per heavy atom. The molecule has 1 aliphatic heterocycles. The van der Waals surface area contributed by atoms with Gasteiger partial charge in [-0.2, -0.15) is 0 Å². The lowest BCUT2D eigenvalue weighted by Crippen LogP contribution is -2.19. The average Bonchev–Trinajstić information content (AvgIpc) is 2.79. The maximum Gasteiger partial charge on any atom is 0.150 e. The molecule has 1 fully saturated rings. The summed E-state index contributed by atoms with van der Waals surface area (Å²) in [6, 6.07) is 18.4. The van der Waals surface area contributed by atoms with Crippen molar-refractivity contribution in [3.63, 3.8) is 0 Å². The molecule has 0 radical (unpaired) electrons. The minimum Gasteiger partial charge on any atom is -0.455 e. The van der Waals surface area contributed by atoms with E-state index >= 15 is 0 Å². The van der Waals surface area contributed by atoms with Crippen molar-refractivity contribution < 1.29 is 9.47 Å². The Bertz CT molecular complexity index is 548. The molecule has 0 aromatic heterocycles. The van der Waals surface area contributed by atoms with Crippen LogP contribution in [0.5, 0.6) is 11.5 Å². The van der Waals surface area contributed by atoms with Crippen molar-refractivity contribution in [2.75, 3.05) is 18.5 Å². The summed E-state index contributed by atoms with van der Waals surface area (Å²) >= 11 is 0. The lowest BCUT2D eigenvalue weighted by molar-refractivity contribution is 0.144. The maximum atomic E-state index is 5.99. The predicted molar refractivity (Wildman–Crippen MR) is 85.0 cm³/mol. The minimum atomic E-state index is 0.452. The zero-order valence-electron chi connectivity index (χ0n) is 12.1. The monoisotopic (exact) mass is 283 g/mol. The molecule has 1 aliphatic rings. The number of benzene rings is 2. The summed E-state index contributed by atoms with van der Waals surface area (Å²) < 4.78 is 11.5. The van der Waals surface area contributed by atoms with Gasteiger partial charge in [0.1, 0.15) is 5.75 Å². The van der Waals surface area contributed by atoms with Gasteiger partial charge in [0, 0.05) is 19.3 Å². The molecule has 0 saturated carbocycles. The van der Waals surface area contributed by atoms with Crippen molar-refractivity contribution in [3.05, 3.63) is 54.6 Å². The first kappa shape index (κ1) is 14.0.